The summed E-state index contributed by atoms with van der Waals surface area (Å²) < 4.78 is 0. The van der Waals surface area contributed by atoms with Gasteiger partial charge in [-0.05, 0) is 28.4 Å². The number of fused-ring (bicyclic) bond motifs is 3. The van der Waals surface area contributed by atoms with E-state index >= 15 is 0 Å². The Hall–Kier alpha value is -2.51. The van der Waals surface area contributed by atoms with Gasteiger partial charge in [-0.25, -0.2) is 0 Å². The fraction of sp³-hybridized carbons (Fsp3) is 0.257. The Kier molecular flexibility index (Phi) is 10.4. The van der Waals surface area contributed by atoms with Crippen LogP contribution in [-0.4, -0.2) is 0 Å². The summed E-state index contributed by atoms with van der Waals surface area (Å²) in [7, 11) is 0. The Morgan fingerprint density at radius 2 is 1.11 bits per heavy atom. The second kappa shape index (κ2) is 12.6. The first-order valence-corrected chi connectivity index (χ1v) is 12.4. The van der Waals surface area contributed by atoms with Crippen LogP contribution in [0.2, 0.25) is 0 Å². The van der Waals surface area contributed by atoms with Gasteiger partial charge in [0.05, 0.1) is 0 Å². The summed E-state index contributed by atoms with van der Waals surface area (Å²) >= 11 is 0. The van der Waals surface area contributed by atoms with Crippen molar-refractivity contribution in [2.24, 2.45) is 0 Å². The van der Waals surface area contributed by atoms with Crippen LogP contribution in [-0.2, 0) is 43.1 Å². The van der Waals surface area contributed by atoms with Crippen LogP contribution >= 0.6 is 0 Å². The fourth-order valence-corrected chi connectivity index (χ4v) is 3.98. The molecule has 0 nitrogen and oxygen atoms in total. The third-order valence-electron chi connectivity index (χ3n) is 6.15. The van der Waals surface area contributed by atoms with Crippen LogP contribution in [0.25, 0.3) is 11.1 Å². The van der Waals surface area contributed by atoms with Gasteiger partial charge in [0, 0.05) is 25.8 Å². The van der Waals surface area contributed by atoms with Gasteiger partial charge in [0.1, 0.15) is 0 Å². The number of rotatable bonds is 0. The van der Waals surface area contributed by atoms with Gasteiger partial charge < -0.3 is 0 Å². The van der Waals surface area contributed by atoms with Gasteiger partial charge in [0.25, 0.3) is 0 Å². The number of benzene rings is 4. The van der Waals surface area contributed by atoms with Crippen LogP contribution in [0.3, 0.4) is 0 Å². The third kappa shape index (κ3) is 8.27. The Morgan fingerprint density at radius 1 is 0.611 bits per heavy atom. The molecule has 0 saturated carbocycles. The zero-order chi connectivity index (χ0) is 25.6. The molecular weight excluding hydrogens is 599 g/mol. The largest absolute Gasteiger partial charge is 0.199 e. The van der Waals surface area contributed by atoms with Gasteiger partial charge in [0.2, 0.25) is 0 Å². The Bertz CT molecular complexity index is 1120. The minimum absolute atomic E-state index is 0. The monoisotopic (exact) mass is 639 g/mol. The Labute approximate surface area is 239 Å². The first-order chi connectivity index (χ1) is 16.4. The SMILES string of the molecule is CC(C)(C)c1[c-]c2c(cc1)-c1ccc(C(C)(C)C)cc1C2.[CH2-]c1ccccc1.[CH2-]c1ccccc1.[Hf]. The van der Waals surface area contributed by atoms with E-state index in [1.807, 2.05) is 60.7 Å². The van der Waals surface area contributed by atoms with Crippen LogP contribution < -0.4 is 0 Å². The van der Waals surface area contributed by atoms with Crippen molar-refractivity contribution < 1.29 is 25.8 Å². The van der Waals surface area contributed by atoms with Crippen molar-refractivity contribution in [3.8, 4) is 11.1 Å². The predicted molar refractivity (Wildman–Crippen MR) is 153 cm³/mol. The summed E-state index contributed by atoms with van der Waals surface area (Å²) in [4.78, 5) is 0. The predicted octanol–water partition coefficient (Wildman–Crippen LogP) is 9.39. The molecule has 0 unspecified atom stereocenters. The van der Waals surface area contributed by atoms with Gasteiger partial charge in [-0.1, -0.05) is 77.4 Å². The van der Waals surface area contributed by atoms with Crippen molar-refractivity contribution in [1.82, 2.24) is 0 Å². The summed E-state index contributed by atoms with van der Waals surface area (Å²) in [6, 6.07) is 34.9. The van der Waals surface area contributed by atoms with Crippen LogP contribution in [0.4, 0.5) is 0 Å². The first-order valence-electron chi connectivity index (χ1n) is 12.4. The van der Waals surface area contributed by atoms with Crippen LogP contribution in [0.5, 0.6) is 0 Å². The smallest absolute Gasteiger partial charge is 0 e. The van der Waals surface area contributed by atoms with E-state index in [1.54, 1.807) is 0 Å². The molecule has 0 spiro atoms. The normalized spacial score (nSPS) is 11.5. The summed E-state index contributed by atoms with van der Waals surface area (Å²) in [5.41, 5.74) is 10.8. The molecule has 0 aliphatic heterocycles. The van der Waals surface area contributed by atoms with E-state index in [0.29, 0.717) is 0 Å². The van der Waals surface area contributed by atoms with E-state index in [2.05, 4.69) is 91.8 Å². The van der Waals surface area contributed by atoms with Gasteiger partial charge in [-0.3, -0.25) is 0 Å². The molecule has 186 valence electrons. The molecular formula is C35H39Hf-3. The average Bonchev–Trinajstić information content (AvgIpc) is 3.17. The molecule has 0 aromatic heterocycles. The van der Waals surface area contributed by atoms with E-state index in [9.17, 15) is 0 Å². The van der Waals surface area contributed by atoms with E-state index in [-0.39, 0.29) is 36.7 Å². The fourth-order valence-electron chi connectivity index (χ4n) is 3.98. The standard InChI is InChI=1S/C21H25.2C7H7.Hf/c1-20(2,3)16-7-9-18-14(12-16)11-15-13-17(21(4,5)6)8-10-19(15)18;2*1-7-5-3-2-4-6-7;/h7-10,12H,11H2,1-6H3;2*2-6H,1H2;/q3*-1;. The molecule has 0 radical (unpaired) electrons. The van der Waals surface area contributed by atoms with Gasteiger partial charge in [-0.2, -0.15) is 73.0 Å². The average molecular weight is 638 g/mol. The minimum atomic E-state index is 0. The molecule has 5 rings (SSSR count). The van der Waals surface area contributed by atoms with Crippen molar-refractivity contribution in [2.45, 2.75) is 58.8 Å². The molecule has 4 aromatic carbocycles. The zero-order valence-corrected chi connectivity index (χ0v) is 26.4. The van der Waals surface area contributed by atoms with E-state index in [4.69, 9.17) is 0 Å². The summed E-state index contributed by atoms with van der Waals surface area (Å²) in [5.74, 6) is 0. The van der Waals surface area contributed by atoms with E-state index in [0.717, 1.165) is 17.5 Å². The molecule has 4 aromatic rings. The molecule has 36 heavy (non-hydrogen) atoms. The summed E-state index contributed by atoms with van der Waals surface area (Å²) in [6.45, 7) is 21.0. The molecule has 0 N–H and O–H groups in total. The number of hydrogen-bond acceptors (Lipinski definition) is 0. The Morgan fingerprint density at radius 3 is 1.53 bits per heavy atom. The van der Waals surface area contributed by atoms with Crippen LogP contribution in [0.1, 0.15) is 74.9 Å². The second-order valence-electron chi connectivity index (χ2n) is 11.3. The van der Waals surface area contributed by atoms with Gasteiger partial charge in [0.15, 0.2) is 0 Å². The van der Waals surface area contributed by atoms with Crippen LogP contribution in [0.15, 0.2) is 91.0 Å². The maximum Gasteiger partial charge on any atom is 0 e. The van der Waals surface area contributed by atoms with Crippen molar-refractivity contribution in [1.29, 1.82) is 0 Å². The zero-order valence-electron chi connectivity index (χ0n) is 22.8. The van der Waals surface area contributed by atoms with Crippen molar-refractivity contribution in [3.63, 3.8) is 0 Å². The molecule has 1 aliphatic carbocycles. The Balaban J connectivity index is 0.000000249. The molecule has 1 aliphatic rings. The molecule has 0 fully saturated rings. The topological polar surface area (TPSA) is 0 Å². The summed E-state index contributed by atoms with van der Waals surface area (Å²) in [5, 5.41) is 0. The first kappa shape index (κ1) is 29.7. The van der Waals surface area contributed by atoms with E-state index in [1.165, 1.54) is 33.4 Å². The molecule has 0 bridgehead atoms. The summed E-state index contributed by atoms with van der Waals surface area (Å²) in [6.07, 6.45) is 1.03. The molecule has 0 heterocycles. The van der Waals surface area contributed by atoms with Crippen molar-refractivity contribution >= 4 is 0 Å². The minimum Gasteiger partial charge on any atom is -0.199 e. The second-order valence-corrected chi connectivity index (χ2v) is 11.3. The molecule has 1 heteroatoms. The van der Waals surface area contributed by atoms with E-state index < -0.39 is 0 Å². The van der Waals surface area contributed by atoms with Gasteiger partial charge >= 0.3 is 0 Å². The third-order valence-corrected chi connectivity index (χ3v) is 6.15. The van der Waals surface area contributed by atoms with Crippen LogP contribution in [0, 0.1) is 19.9 Å². The maximum atomic E-state index is 3.72. The quantitative estimate of drug-likeness (QED) is 0.117. The molecule has 0 atom stereocenters. The van der Waals surface area contributed by atoms with Crippen molar-refractivity contribution in [2.75, 3.05) is 0 Å². The number of hydrogen-bond donors (Lipinski definition) is 0. The van der Waals surface area contributed by atoms with Gasteiger partial charge in [-0.15, -0.1) is 35.4 Å². The maximum absolute atomic E-state index is 3.72. The molecule has 0 saturated heterocycles. The van der Waals surface area contributed by atoms with Crippen molar-refractivity contribution in [3.05, 3.63) is 144 Å². The molecule has 0 amide bonds.